The lowest BCUT2D eigenvalue weighted by atomic mass is 10.3. The van der Waals surface area contributed by atoms with Crippen molar-refractivity contribution in [2.75, 3.05) is 5.06 Å². The van der Waals surface area contributed by atoms with E-state index in [-0.39, 0.29) is 0 Å². The normalized spacial score (nSPS) is 12.6. The summed E-state index contributed by atoms with van der Waals surface area (Å²) in [6, 6.07) is 8.86. The quantitative estimate of drug-likeness (QED) is 0.496. The second-order valence-corrected chi connectivity index (χ2v) is 2.31. The molecular formula is C8H11NO2. The van der Waals surface area contributed by atoms with E-state index in [1.807, 2.05) is 6.07 Å². The van der Waals surface area contributed by atoms with Crippen molar-refractivity contribution >= 4 is 5.69 Å². The minimum atomic E-state index is -0.877. The van der Waals surface area contributed by atoms with Crippen LogP contribution in [-0.4, -0.2) is 16.5 Å². The van der Waals surface area contributed by atoms with Gasteiger partial charge in [0.05, 0.1) is 5.69 Å². The standard InChI is InChI=1S/C8H11NO2/c1-7(10)9(11)8-5-3-2-4-6-8/h2-7,10-11H,1H3. The number of anilines is 1. The molecule has 3 nitrogen and oxygen atoms in total. The molecular weight excluding hydrogens is 142 g/mol. The molecule has 0 aliphatic carbocycles. The number of aliphatic hydroxyl groups is 1. The molecule has 0 aromatic heterocycles. The lowest BCUT2D eigenvalue weighted by Crippen LogP contribution is -2.28. The summed E-state index contributed by atoms with van der Waals surface area (Å²) in [7, 11) is 0. The van der Waals surface area contributed by atoms with E-state index in [1.165, 1.54) is 6.92 Å². The molecule has 1 unspecified atom stereocenters. The van der Waals surface area contributed by atoms with Gasteiger partial charge >= 0.3 is 0 Å². The van der Waals surface area contributed by atoms with Crippen molar-refractivity contribution in [1.29, 1.82) is 0 Å². The van der Waals surface area contributed by atoms with Gasteiger partial charge in [-0.25, -0.2) is 5.06 Å². The Balaban J connectivity index is 2.77. The third-order valence-corrected chi connectivity index (χ3v) is 1.37. The van der Waals surface area contributed by atoms with Gasteiger partial charge in [-0.15, -0.1) is 0 Å². The van der Waals surface area contributed by atoms with Crippen LogP contribution in [0.25, 0.3) is 0 Å². The molecule has 11 heavy (non-hydrogen) atoms. The summed E-state index contributed by atoms with van der Waals surface area (Å²) in [5, 5.41) is 18.9. The number of hydrogen-bond donors (Lipinski definition) is 2. The molecule has 0 bridgehead atoms. The first-order valence-corrected chi connectivity index (χ1v) is 3.43. The molecule has 1 aromatic rings. The highest BCUT2D eigenvalue weighted by molar-refractivity contribution is 5.42. The summed E-state index contributed by atoms with van der Waals surface area (Å²) in [6.45, 7) is 1.49. The average Bonchev–Trinajstić information content (AvgIpc) is 2.05. The molecule has 60 valence electrons. The predicted molar refractivity (Wildman–Crippen MR) is 42.4 cm³/mol. The molecule has 0 fully saturated rings. The molecule has 0 heterocycles. The molecule has 0 saturated carbocycles. The van der Waals surface area contributed by atoms with Crippen LogP contribution in [0.3, 0.4) is 0 Å². The molecule has 1 atom stereocenters. The molecule has 0 radical (unpaired) electrons. The van der Waals surface area contributed by atoms with Crippen LogP contribution in [0.1, 0.15) is 6.92 Å². The number of aliphatic hydroxyl groups excluding tert-OH is 1. The van der Waals surface area contributed by atoms with Gasteiger partial charge in [0.15, 0.2) is 0 Å². The van der Waals surface area contributed by atoms with Crippen LogP contribution in [0.4, 0.5) is 5.69 Å². The maximum Gasteiger partial charge on any atom is 0.148 e. The number of para-hydroxylation sites is 1. The average molecular weight is 153 g/mol. The van der Waals surface area contributed by atoms with Gasteiger partial charge in [0.2, 0.25) is 0 Å². The predicted octanol–water partition coefficient (Wildman–Crippen LogP) is 1.22. The van der Waals surface area contributed by atoms with Crippen LogP contribution < -0.4 is 5.06 Å². The summed E-state index contributed by atoms with van der Waals surface area (Å²) >= 11 is 0. The molecule has 1 aromatic carbocycles. The van der Waals surface area contributed by atoms with E-state index in [1.54, 1.807) is 24.3 Å². The highest BCUT2D eigenvalue weighted by Crippen LogP contribution is 2.11. The van der Waals surface area contributed by atoms with Crippen LogP contribution in [0.5, 0.6) is 0 Å². The second-order valence-electron chi connectivity index (χ2n) is 2.31. The summed E-state index contributed by atoms with van der Waals surface area (Å²) in [4.78, 5) is 0. The number of nitrogens with zero attached hydrogens (tertiary/aromatic N) is 1. The minimum Gasteiger partial charge on any atom is -0.372 e. The highest BCUT2D eigenvalue weighted by Gasteiger charge is 2.06. The van der Waals surface area contributed by atoms with Gasteiger partial charge < -0.3 is 5.11 Å². The van der Waals surface area contributed by atoms with Crippen LogP contribution in [0.2, 0.25) is 0 Å². The monoisotopic (exact) mass is 153 g/mol. The van der Waals surface area contributed by atoms with Crippen LogP contribution in [0, 0.1) is 0 Å². The van der Waals surface area contributed by atoms with Crippen molar-refractivity contribution < 1.29 is 10.3 Å². The van der Waals surface area contributed by atoms with Gasteiger partial charge in [-0.2, -0.15) is 0 Å². The topological polar surface area (TPSA) is 43.7 Å². The summed E-state index contributed by atoms with van der Waals surface area (Å²) in [5.41, 5.74) is 0.586. The lowest BCUT2D eigenvalue weighted by molar-refractivity contribution is 0.0796. The highest BCUT2D eigenvalue weighted by atomic mass is 16.5. The first-order valence-electron chi connectivity index (χ1n) is 3.43. The van der Waals surface area contributed by atoms with Crippen LogP contribution >= 0.6 is 0 Å². The third-order valence-electron chi connectivity index (χ3n) is 1.37. The van der Waals surface area contributed by atoms with E-state index in [9.17, 15) is 5.21 Å². The smallest absolute Gasteiger partial charge is 0.148 e. The van der Waals surface area contributed by atoms with Crippen molar-refractivity contribution in [1.82, 2.24) is 0 Å². The van der Waals surface area contributed by atoms with Gasteiger partial charge in [0, 0.05) is 0 Å². The van der Waals surface area contributed by atoms with Crippen molar-refractivity contribution in [2.45, 2.75) is 13.2 Å². The van der Waals surface area contributed by atoms with Crippen LogP contribution in [0.15, 0.2) is 30.3 Å². The van der Waals surface area contributed by atoms with Gasteiger partial charge in [-0.3, -0.25) is 5.21 Å². The molecule has 1 rings (SSSR count). The Labute approximate surface area is 65.5 Å². The maximum atomic E-state index is 9.18. The van der Waals surface area contributed by atoms with E-state index >= 15 is 0 Å². The molecule has 0 saturated heterocycles. The zero-order chi connectivity index (χ0) is 8.27. The fraction of sp³-hybridized carbons (Fsp3) is 0.250. The van der Waals surface area contributed by atoms with Crippen molar-refractivity contribution in [2.24, 2.45) is 0 Å². The summed E-state index contributed by atoms with van der Waals surface area (Å²) < 4.78 is 0. The lowest BCUT2D eigenvalue weighted by Gasteiger charge is -2.19. The zero-order valence-corrected chi connectivity index (χ0v) is 6.31. The van der Waals surface area contributed by atoms with Crippen molar-refractivity contribution in [3.05, 3.63) is 30.3 Å². The fourth-order valence-corrected chi connectivity index (χ4v) is 0.796. The molecule has 0 amide bonds. The molecule has 3 heteroatoms. The number of benzene rings is 1. The zero-order valence-electron chi connectivity index (χ0n) is 6.31. The second kappa shape index (κ2) is 3.37. The molecule has 0 aliphatic rings. The third kappa shape index (κ3) is 1.93. The van der Waals surface area contributed by atoms with E-state index in [2.05, 4.69) is 0 Å². The van der Waals surface area contributed by atoms with E-state index in [0.29, 0.717) is 5.69 Å². The SMILES string of the molecule is CC(O)N(O)c1ccccc1. The Kier molecular flexibility index (Phi) is 2.46. The minimum absolute atomic E-state index is 0.586. The molecule has 2 N–H and O–H groups in total. The van der Waals surface area contributed by atoms with Gasteiger partial charge in [-0.1, -0.05) is 18.2 Å². The Morgan fingerprint density at radius 3 is 2.27 bits per heavy atom. The maximum absolute atomic E-state index is 9.18. The number of hydroxylamine groups is 1. The molecule has 0 spiro atoms. The summed E-state index contributed by atoms with van der Waals surface area (Å²) in [5.74, 6) is 0. The largest absolute Gasteiger partial charge is 0.372 e. The van der Waals surface area contributed by atoms with Crippen molar-refractivity contribution in [3.63, 3.8) is 0 Å². The number of hydrogen-bond acceptors (Lipinski definition) is 3. The Morgan fingerprint density at radius 1 is 1.27 bits per heavy atom. The van der Waals surface area contributed by atoms with Gasteiger partial charge in [0.25, 0.3) is 0 Å². The number of rotatable bonds is 2. The van der Waals surface area contributed by atoms with E-state index < -0.39 is 6.23 Å². The van der Waals surface area contributed by atoms with Gasteiger partial charge in [0.1, 0.15) is 6.23 Å². The first kappa shape index (κ1) is 8.04. The fourth-order valence-electron chi connectivity index (χ4n) is 0.796. The summed E-state index contributed by atoms with van der Waals surface area (Å²) in [6.07, 6.45) is -0.877. The first-order chi connectivity index (χ1) is 5.22. The Hall–Kier alpha value is -1.06. The Morgan fingerprint density at radius 2 is 1.82 bits per heavy atom. The van der Waals surface area contributed by atoms with E-state index in [4.69, 9.17) is 5.11 Å². The molecule has 0 aliphatic heterocycles. The van der Waals surface area contributed by atoms with Crippen molar-refractivity contribution in [3.8, 4) is 0 Å². The van der Waals surface area contributed by atoms with E-state index in [0.717, 1.165) is 5.06 Å². The van der Waals surface area contributed by atoms with Gasteiger partial charge in [-0.05, 0) is 19.1 Å². The Bertz CT molecular complexity index is 211. The van der Waals surface area contributed by atoms with Crippen LogP contribution in [-0.2, 0) is 0 Å².